The summed E-state index contributed by atoms with van der Waals surface area (Å²) in [5.74, 6) is 0. The molecule has 0 saturated heterocycles. The molecule has 0 fully saturated rings. The molecule has 0 aliphatic heterocycles. The van der Waals surface area contributed by atoms with E-state index in [9.17, 15) is 0 Å². The molecule has 26 heavy (non-hydrogen) atoms. The van der Waals surface area contributed by atoms with E-state index in [1.54, 1.807) is 0 Å². The Morgan fingerprint density at radius 3 is 2.38 bits per heavy atom. The van der Waals surface area contributed by atoms with Crippen molar-refractivity contribution in [3.05, 3.63) is 47.5 Å². The zero-order chi connectivity index (χ0) is 18.5. The molecule has 2 aromatic carbocycles. The van der Waals surface area contributed by atoms with E-state index in [2.05, 4.69) is 60.5 Å². The van der Waals surface area contributed by atoms with Crippen LogP contribution in [0.3, 0.4) is 0 Å². The van der Waals surface area contributed by atoms with Gasteiger partial charge in [-0.2, -0.15) is 0 Å². The Kier molecular flexibility index (Phi) is 6.15. The Hall–Kier alpha value is -2.07. The van der Waals surface area contributed by atoms with Gasteiger partial charge in [0, 0.05) is 24.5 Å². The van der Waals surface area contributed by atoms with Crippen molar-refractivity contribution in [2.45, 2.75) is 46.0 Å². The number of nitrogens with one attached hydrogen (secondary N) is 1. The van der Waals surface area contributed by atoms with E-state index in [4.69, 9.17) is 18.0 Å². The van der Waals surface area contributed by atoms with E-state index in [0.29, 0.717) is 5.11 Å². The average molecular weight is 368 g/mol. The van der Waals surface area contributed by atoms with Gasteiger partial charge in [0.15, 0.2) is 5.11 Å². The second-order valence-electron chi connectivity index (χ2n) is 7.07. The quantitative estimate of drug-likeness (QED) is 0.529. The standard InChI is InChI=1S/C22H29N3S/c1-3-5-11-25(12-6-4-2)19-9-7-16-13-17-14-18(24-22(23)26)8-10-20(17)21(16)15-19/h7-10,14-15H,3-6,11-13H2,1-2H3,(H3,23,24,26). The normalized spacial score (nSPS) is 11.8. The van der Waals surface area contributed by atoms with Crippen LogP contribution >= 0.6 is 12.2 Å². The van der Waals surface area contributed by atoms with Gasteiger partial charge in [0.1, 0.15) is 0 Å². The molecule has 1 aliphatic rings. The van der Waals surface area contributed by atoms with Crippen LogP contribution < -0.4 is 16.0 Å². The molecule has 4 heteroatoms. The van der Waals surface area contributed by atoms with Crippen molar-refractivity contribution in [2.24, 2.45) is 5.73 Å². The van der Waals surface area contributed by atoms with Gasteiger partial charge in [0.25, 0.3) is 0 Å². The number of nitrogens with zero attached hydrogens (tertiary/aromatic N) is 1. The van der Waals surface area contributed by atoms with Gasteiger partial charge < -0.3 is 16.0 Å². The highest BCUT2D eigenvalue weighted by molar-refractivity contribution is 7.80. The number of nitrogens with two attached hydrogens (primary N) is 1. The van der Waals surface area contributed by atoms with E-state index < -0.39 is 0 Å². The van der Waals surface area contributed by atoms with Crippen molar-refractivity contribution in [2.75, 3.05) is 23.3 Å². The monoisotopic (exact) mass is 367 g/mol. The molecule has 0 bridgehead atoms. The lowest BCUT2D eigenvalue weighted by Crippen LogP contribution is -2.25. The van der Waals surface area contributed by atoms with Gasteiger partial charge in [-0.25, -0.2) is 0 Å². The van der Waals surface area contributed by atoms with Gasteiger partial charge in [-0.15, -0.1) is 0 Å². The maximum Gasteiger partial charge on any atom is 0.168 e. The smallest absolute Gasteiger partial charge is 0.168 e. The average Bonchev–Trinajstić information content (AvgIpc) is 2.98. The molecule has 0 saturated carbocycles. The summed E-state index contributed by atoms with van der Waals surface area (Å²) in [6.07, 6.45) is 5.92. The van der Waals surface area contributed by atoms with Crippen LogP contribution in [0.15, 0.2) is 36.4 Å². The fourth-order valence-corrected chi connectivity index (χ4v) is 3.78. The predicted octanol–water partition coefficient (Wildman–Crippen LogP) is 5.32. The number of hydrogen-bond donors (Lipinski definition) is 2. The Bertz CT molecular complexity index is 777. The number of unbranched alkanes of at least 4 members (excludes halogenated alkanes) is 2. The molecule has 2 aromatic rings. The first-order valence-electron chi connectivity index (χ1n) is 9.70. The SMILES string of the molecule is CCCCN(CCCC)c1ccc2c(c1)-c1ccc(NC(N)=S)cc1C2. The van der Waals surface area contributed by atoms with Crippen molar-refractivity contribution < 1.29 is 0 Å². The summed E-state index contributed by atoms with van der Waals surface area (Å²) in [7, 11) is 0. The zero-order valence-electron chi connectivity index (χ0n) is 15.8. The Morgan fingerprint density at radius 1 is 1.00 bits per heavy atom. The molecule has 1 aliphatic carbocycles. The molecular weight excluding hydrogens is 338 g/mol. The van der Waals surface area contributed by atoms with Gasteiger partial charge in [-0.1, -0.05) is 38.8 Å². The molecule has 3 N–H and O–H groups in total. The number of hydrogen-bond acceptors (Lipinski definition) is 2. The molecule has 0 spiro atoms. The summed E-state index contributed by atoms with van der Waals surface area (Å²) in [6.45, 7) is 6.79. The first kappa shape index (κ1) is 18.7. The minimum absolute atomic E-state index is 0.310. The van der Waals surface area contributed by atoms with Gasteiger partial charge in [-0.3, -0.25) is 0 Å². The second-order valence-corrected chi connectivity index (χ2v) is 7.51. The summed E-state index contributed by atoms with van der Waals surface area (Å²) in [5.41, 5.74) is 13.4. The Morgan fingerprint density at radius 2 is 1.73 bits per heavy atom. The van der Waals surface area contributed by atoms with Crippen molar-refractivity contribution in [3.8, 4) is 11.1 Å². The van der Waals surface area contributed by atoms with Crippen LogP contribution in [0.25, 0.3) is 11.1 Å². The Balaban J connectivity index is 1.87. The molecule has 138 valence electrons. The summed E-state index contributed by atoms with van der Waals surface area (Å²) in [5, 5.41) is 3.35. The van der Waals surface area contributed by atoms with Crippen molar-refractivity contribution >= 4 is 28.7 Å². The topological polar surface area (TPSA) is 41.3 Å². The van der Waals surface area contributed by atoms with Crippen LogP contribution in [0, 0.1) is 0 Å². The highest BCUT2D eigenvalue weighted by atomic mass is 32.1. The van der Waals surface area contributed by atoms with Gasteiger partial charge in [0.05, 0.1) is 0 Å². The molecule has 3 rings (SSSR count). The first-order chi connectivity index (χ1) is 12.6. The Labute approximate surface area is 162 Å². The second kappa shape index (κ2) is 8.54. The molecule has 0 atom stereocenters. The zero-order valence-corrected chi connectivity index (χ0v) is 16.7. The number of benzene rings is 2. The lowest BCUT2D eigenvalue weighted by Gasteiger charge is -2.25. The summed E-state index contributed by atoms with van der Waals surface area (Å²) in [6, 6.07) is 13.4. The van der Waals surface area contributed by atoms with Crippen LogP contribution in [-0.2, 0) is 6.42 Å². The lowest BCUT2D eigenvalue weighted by atomic mass is 10.0. The summed E-state index contributed by atoms with van der Waals surface area (Å²) in [4.78, 5) is 2.55. The van der Waals surface area contributed by atoms with E-state index in [0.717, 1.165) is 25.2 Å². The largest absolute Gasteiger partial charge is 0.376 e. The fourth-order valence-electron chi connectivity index (χ4n) is 3.66. The lowest BCUT2D eigenvalue weighted by molar-refractivity contribution is 0.678. The number of rotatable bonds is 8. The van der Waals surface area contributed by atoms with Crippen LogP contribution in [0.5, 0.6) is 0 Å². The maximum absolute atomic E-state index is 5.60. The van der Waals surface area contributed by atoms with Crippen LogP contribution in [0.4, 0.5) is 11.4 Å². The number of anilines is 2. The van der Waals surface area contributed by atoms with Crippen LogP contribution in [-0.4, -0.2) is 18.2 Å². The first-order valence-corrected chi connectivity index (χ1v) is 10.1. The predicted molar refractivity (Wildman–Crippen MR) is 117 cm³/mol. The van der Waals surface area contributed by atoms with Crippen LogP contribution in [0.1, 0.15) is 50.7 Å². The molecule has 0 radical (unpaired) electrons. The van der Waals surface area contributed by atoms with Gasteiger partial charge in [0.2, 0.25) is 0 Å². The molecule has 0 amide bonds. The van der Waals surface area contributed by atoms with E-state index in [-0.39, 0.29) is 0 Å². The maximum atomic E-state index is 5.60. The van der Waals surface area contributed by atoms with Crippen LogP contribution in [0.2, 0.25) is 0 Å². The highest BCUT2D eigenvalue weighted by Crippen LogP contribution is 2.40. The summed E-state index contributed by atoms with van der Waals surface area (Å²) >= 11 is 4.95. The highest BCUT2D eigenvalue weighted by Gasteiger charge is 2.20. The van der Waals surface area contributed by atoms with Crippen molar-refractivity contribution in [1.82, 2.24) is 0 Å². The molecule has 0 heterocycles. The van der Waals surface area contributed by atoms with E-state index >= 15 is 0 Å². The number of fused-ring (bicyclic) bond motifs is 3. The van der Waals surface area contributed by atoms with Crippen molar-refractivity contribution in [1.29, 1.82) is 0 Å². The third-order valence-electron chi connectivity index (χ3n) is 5.07. The minimum atomic E-state index is 0.310. The third kappa shape index (κ3) is 4.18. The molecule has 3 nitrogen and oxygen atoms in total. The summed E-state index contributed by atoms with van der Waals surface area (Å²) < 4.78 is 0. The van der Waals surface area contributed by atoms with Gasteiger partial charge >= 0.3 is 0 Å². The molecule has 0 unspecified atom stereocenters. The van der Waals surface area contributed by atoms with E-state index in [1.807, 2.05) is 0 Å². The third-order valence-corrected chi connectivity index (χ3v) is 5.17. The molecule has 0 aromatic heterocycles. The fraction of sp³-hybridized carbons (Fsp3) is 0.409. The van der Waals surface area contributed by atoms with Gasteiger partial charge in [-0.05, 0) is 78.0 Å². The van der Waals surface area contributed by atoms with Crippen molar-refractivity contribution in [3.63, 3.8) is 0 Å². The van der Waals surface area contributed by atoms with E-state index in [1.165, 1.54) is 53.6 Å². The molecular formula is C22H29N3S. The number of thiocarbonyl (C=S) groups is 1. The minimum Gasteiger partial charge on any atom is -0.376 e.